The number of benzene rings is 2. The summed E-state index contributed by atoms with van der Waals surface area (Å²) in [7, 11) is -3.50. The molecule has 1 fully saturated rings. The topological polar surface area (TPSA) is 89.0 Å². The minimum Gasteiger partial charge on any atom is -0.352 e. The zero-order chi connectivity index (χ0) is 23.4. The molecule has 172 valence electrons. The molecule has 1 aromatic heterocycles. The Morgan fingerprint density at radius 1 is 0.970 bits per heavy atom. The molecule has 3 aromatic rings. The van der Waals surface area contributed by atoms with Gasteiger partial charge in [0, 0.05) is 24.5 Å². The molecule has 1 N–H and O–H groups in total. The SMILES string of the molecule is Cc1ccc(-c2cc(C(=O)NCCc3cnc(C)nc3)cc(S(=O)(=O)C3CCCC3)c2)cc1. The van der Waals surface area contributed by atoms with Crippen molar-refractivity contribution in [2.24, 2.45) is 0 Å². The van der Waals surface area contributed by atoms with Gasteiger partial charge < -0.3 is 5.32 Å². The van der Waals surface area contributed by atoms with Crippen LogP contribution in [0.5, 0.6) is 0 Å². The van der Waals surface area contributed by atoms with E-state index in [4.69, 9.17) is 0 Å². The molecule has 7 heteroatoms. The summed E-state index contributed by atoms with van der Waals surface area (Å²) < 4.78 is 26.7. The second-order valence-corrected chi connectivity index (χ2v) is 10.9. The van der Waals surface area contributed by atoms with Crippen molar-refractivity contribution in [3.8, 4) is 11.1 Å². The standard InChI is InChI=1S/C26H29N3O3S/c1-18-7-9-21(10-8-18)22-13-23(15-25(14-22)33(31,32)24-5-3-4-6-24)26(30)27-12-11-20-16-28-19(2)29-17-20/h7-10,13-17,24H,3-6,11-12H2,1-2H3,(H,27,30). The van der Waals surface area contributed by atoms with Gasteiger partial charge in [-0.2, -0.15) is 0 Å². The first-order valence-corrected chi connectivity index (χ1v) is 12.9. The minimum atomic E-state index is -3.50. The number of nitrogens with one attached hydrogen (secondary N) is 1. The largest absolute Gasteiger partial charge is 0.352 e. The van der Waals surface area contributed by atoms with E-state index in [1.54, 1.807) is 24.5 Å². The molecule has 1 amide bonds. The normalized spacial score (nSPS) is 14.4. The van der Waals surface area contributed by atoms with Gasteiger partial charge in [0.2, 0.25) is 0 Å². The minimum absolute atomic E-state index is 0.226. The van der Waals surface area contributed by atoms with Gasteiger partial charge in [-0.05, 0) is 68.0 Å². The Morgan fingerprint density at radius 3 is 2.30 bits per heavy atom. The van der Waals surface area contributed by atoms with Crippen LogP contribution in [0.2, 0.25) is 0 Å². The fraction of sp³-hybridized carbons (Fsp3) is 0.346. The van der Waals surface area contributed by atoms with E-state index in [-0.39, 0.29) is 16.1 Å². The second-order valence-electron chi connectivity index (χ2n) is 8.71. The molecule has 0 atom stereocenters. The highest BCUT2D eigenvalue weighted by atomic mass is 32.2. The lowest BCUT2D eigenvalue weighted by Gasteiger charge is -2.15. The summed E-state index contributed by atoms with van der Waals surface area (Å²) in [4.78, 5) is 21.6. The van der Waals surface area contributed by atoms with Crippen molar-refractivity contribution in [2.75, 3.05) is 6.54 Å². The number of rotatable bonds is 7. The van der Waals surface area contributed by atoms with E-state index in [0.29, 0.717) is 37.2 Å². The van der Waals surface area contributed by atoms with Crippen molar-refractivity contribution < 1.29 is 13.2 Å². The zero-order valence-corrected chi connectivity index (χ0v) is 19.9. The highest BCUT2D eigenvalue weighted by Gasteiger charge is 2.31. The lowest BCUT2D eigenvalue weighted by Crippen LogP contribution is -2.26. The maximum Gasteiger partial charge on any atom is 0.251 e. The number of carbonyl (C=O) groups excluding carboxylic acids is 1. The van der Waals surface area contributed by atoms with Gasteiger partial charge in [-0.25, -0.2) is 18.4 Å². The summed E-state index contributed by atoms with van der Waals surface area (Å²) in [6.07, 6.45) is 7.30. The highest BCUT2D eigenvalue weighted by molar-refractivity contribution is 7.92. The van der Waals surface area contributed by atoms with Crippen LogP contribution in [0.25, 0.3) is 11.1 Å². The van der Waals surface area contributed by atoms with E-state index in [1.807, 2.05) is 38.1 Å². The van der Waals surface area contributed by atoms with Crippen molar-refractivity contribution in [2.45, 2.75) is 56.1 Å². The van der Waals surface area contributed by atoms with Gasteiger partial charge in [0.1, 0.15) is 5.82 Å². The molecule has 0 saturated heterocycles. The van der Waals surface area contributed by atoms with Crippen LogP contribution in [0.4, 0.5) is 0 Å². The van der Waals surface area contributed by atoms with Crippen LogP contribution >= 0.6 is 0 Å². The molecule has 33 heavy (non-hydrogen) atoms. The van der Waals surface area contributed by atoms with Crippen LogP contribution in [0.15, 0.2) is 59.8 Å². The van der Waals surface area contributed by atoms with Crippen LogP contribution < -0.4 is 5.32 Å². The van der Waals surface area contributed by atoms with Crippen molar-refractivity contribution in [3.05, 3.63) is 77.4 Å². The van der Waals surface area contributed by atoms with Gasteiger partial charge in [0.25, 0.3) is 5.91 Å². The Labute approximate surface area is 195 Å². The van der Waals surface area contributed by atoms with E-state index < -0.39 is 9.84 Å². The van der Waals surface area contributed by atoms with Crippen LogP contribution in [0.1, 0.15) is 53.0 Å². The molecular formula is C26H29N3O3S. The van der Waals surface area contributed by atoms with Crippen LogP contribution in [-0.2, 0) is 16.3 Å². The molecule has 2 aromatic carbocycles. The van der Waals surface area contributed by atoms with E-state index in [2.05, 4.69) is 15.3 Å². The zero-order valence-electron chi connectivity index (χ0n) is 19.0. The number of nitrogens with zero attached hydrogens (tertiary/aromatic N) is 2. The Kier molecular flexibility index (Phi) is 6.88. The summed E-state index contributed by atoms with van der Waals surface area (Å²) in [5.41, 5.74) is 4.01. The quantitative estimate of drug-likeness (QED) is 0.559. The Balaban J connectivity index is 1.61. The lowest BCUT2D eigenvalue weighted by molar-refractivity contribution is 0.0954. The first kappa shape index (κ1) is 23.1. The van der Waals surface area contributed by atoms with E-state index >= 15 is 0 Å². The van der Waals surface area contributed by atoms with Crippen molar-refractivity contribution >= 4 is 15.7 Å². The van der Waals surface area contributed by atoms with Gasteiger partial charge in [-0.1, -0.05) is 42.7 Å². The van der Waals surface area contributed by atoms with E-state index in [0.717, 1.165) is 35.1 Å². The van der Waals surface area contributed by atoms with Gasteiger partial charge in [0.15, 0.2) is 9.84 Å². The maximum absolute atomic E-state index is 13.3. The third kappa shape index (κ3) is 5.47. The number of hydrogen-bond donors (Lipinski definition) is 1. The molecule has 0 radical (unpaired) electrons. The van der Waals surface area contributed by atoms with Gasteiger partial charge in [-0.15, -0.1) is 0 Å². The molecule has 0 spiro atoms. The molecule has 1 heterocycles. The third-order valence-electron chi connectivity index (χ3n) is 6.16. The monoisotopic (exact) mass is 463 g/mol. The van der Waals surface area contributed by atoms with Crippen molar-refractivity contribution in [3.63, 3.8) is 0 Å². The smallest absolute Gasteiger partial charge is 0.251 e. The summed E-state index contributed by atoms with van der Waals surface area (Å²) in [5, 5.41) is 2.54. The Morgan fingerprint density at radius 2 is 1.64 bits per heavy atom. The molecule has 4 rings (SSSR count). The Hall–Kier alpha value is -3.06. The molecule has 0 bridgehead atoms. The molecule has 1 aliphatic rings. The van der Waals surface area contributed by atoms with Gasteiger partial charge in [-0.3, -0.25) is 4.79 Å². The predicted octanol–water partition coefficient (Wildman–Crippen LogP) is 4.45. The highest BCUT2D eigenvalue weighted by Crippen LogP contribution is 2.32. The number of sulfone groups is 1. The first-order valence-electron chi connectivity index (χ1n) is 11.3. The summed E-state index contributed by atoms with van der Waals surface area (Å²) in [5.74, 6) is 0.409. The molecular weight excluding hydrogens is 434 g/mol. The number of aromatic nitrogens is 2. The molecule has 0 aliphatic heterocycles. The van der Waals surface area contributed by atoms with Gasteiger partial charge >= 0.3 is 0 Å². The second kappa shape index (κ2) is 9.83. The average molecular weight is 464 g/mol. The number of carbonyl (C=O) groups is 1. The fourth-order valence-electron chi connectivity index (χ4n) is 4.17. The summed E-state index contributed by atoms with van der Waals surface area (Å²) >= 11 is 0. The number of amides is 1. The van der Waals surface area contributed by atoms with Gasteiger partial charge in [0.05, 0.1) is 10.1 Å². The first-order chi connectivity index (χ1) is 15.8. The molecule has 6 nitrogen and oxygen atoms in total. The van der Waals surface area contributed by atoms with Crippen LogP contribution in [0, 0.1) is 13.8 Å². The van der Waals surface area contributed by atoms with Crippen molar-refractivity contribution in [1.82, 2.24) is 15.3 Å². The van der Waals surface area contributed by atoms with E-state index in [9.17, 15) is 13.2 Å². The van der Waals surface area contributed by atoms with Crippen molar-refractivity contribution in [1.29, 1.82) is 0 Å². The number of hydrogen-bond acceptors (Lipinski definition) is 5. The average Bonchev–Trinajstić information content (AvgIpc) is 3.36. The van der Waals surface area contributed by atoms with Crippen LogP contribution in [0.3, 0.4) is 0 Å². The fourth-order valence-corrected chi connectivity index (χ4v) is 6.09. The third-order valence-corrected chi connectivity index (χ3v) is 8.40. The predicted molar refractivity (Wildman–Crippen MR) is 129 cm³/mol. The summed E-state index contributed by atoms with van der Waals surface area (Å²) in [6, 6.07) is 12.9. The molecule has 1 aliphatic carbocycles. The molecule has 1 saturated carbocycles. The van der Waals surface area contributed by atoms with Crippen LogP contribution in [-0.4, -0.2) is 36.1 Å². The van der Waals surface area contributed by atoms with E-state index in [1.165, 1.54) is 6.07 Å². The maximum atomic E-state index is 13.3. The molecule has 0 unspecified atom stereocenters. The lowest BCUT2D eigenvalue weighted by atomic mass is 10.0. The summed E-state index contributed by atoms with van der Waals surface area (Å²) in [6.45, 7) is 4.23. The Bertz CT molecular complexity index is 1230. The number of aryl methyl sites for hydroxylation is 2.